The highest BCUT2D eigenvalue weighted by Crippen LogP contribution is 2.47. The van der Waals surface area contributed by atoms with Crippen LogP contribution in [0.15, 0.2) is 18.2 Å². The van der Waals surface area contributed by atoms with Crippen molar-refractivity contribution in [2.75, 3.05) is 6.54 Å². The first-order valence-electron chi connectivity index (χ1n) is 5.81. The Hall–Kier alpha value is -0.960. The fraction of sp³-hybridized carbons (Fsp3) is 0.538. The highest BCUT2D eigenvalue weighted by atomic mass is 19.1. The topological polar surface area (TPSA) is 12.0 Å². The van der Waals surface area contributed by atoms with Crippen LogP contribution in [0.4, 0.5) is 8.78 Å². The van der Waals surface area contributed by atoms with Gasteiger partial charge >= 0.3 is 0 Å². The fourth-order valence-electron chi connectivity index (χ4n) is 2.28. The third-order valence-electron chi connectivity index (χ3n) is 3.32. The molecule has 3 atom stereocenters. The van der Waals surface area contributed by atoms with Gasteiger partial charge in [-0.15, -0.1) is 0 Å². The van der Waals surface area contributed by atoms with E-state index in [-0.39, 0.29) is 17.7 Å². The molecule has 1 aliphatic rings. The summed E-state index contributed by atoms with van der Waals surface area (Å²) < 4.78 is 26.8. The van der Waals surface area contributed by atoms with E-state index in [9.17, 15) is 8.78 Å². The molecule has 0 spiro atoms. The van der Waals surface area contributed by atoms with Crippen molar-refractivity contribution < 1.29 is 8.78 Å². The normalized spacial score (nSPS) is 25.5. The SMILES string of the molecule is CCNC(c1cc(F)ccc1F)C1CC1C. The Bertz CT molecular complexity index is 378. The van der Waals surface area contributed by atoms with Gasteiger partial charge in [-0.3, -0.25) is 0 Å². The van der Waals surface area contributed by atoms with Gasteiger partial charge in [0.1, 0.15) is 11.6 Å². The first kappa shape index (κ1) is 11.5. The third-order valence-corrected chi connectivity index (χ3v) is 3.32. The minimum absolute atomic E-state index is 0.0456. The Kier molecular flexibility index (Phi) is 3.24. The summed E-state index contributed by atoms with van der Waals surface area (Å²) in [6.07, 6.45) is 1.09. The Morgan fingerprint density at radius 3 is 2.69 bits per heavy atom. The summed E-state index contributed by atoms with van der Waals surface area (Å²) in [5.41, 5.74) is 0.469. The molecule has 1 aliphatic carbocycles. The smallest absolute Gasteiger partial charge is 0.128 e. The number of rotatable bonds is 4. The molecule has 0 radical (unpaired) electrons. The number of halogens is 2. The summed E-state index contributed by atoms with van der Waals surface area (Å²) in [6.45, 7) is 4.90. The first-order valence-corrected chi connectivity index (χ1v) is 5.81. The summed E-state index contributed by atoms with van der Waals surface area (Å²) in [7, 11) is 0. The van der Waals surface area contributed by atoms with Crippen LogP contribution in [0.3, 0.4) is 0 Å². The molecule has 1 fully saturated rings. The van der Waals surface area contributed by atoms with E-state index >= 15 is 0 Å². The van der Waals surface area contributed by atoms with Gasteiger partial charge < -0.3 is 5.32 Å². The number of benzene rings is 1. The van der Waals surface area contributed by atoms with E-state index < -0.39 is 0 Å². The van der Waals surface area contributed by atoms with E-state index in [1.54, 1.807) is 0 Å². The Morgan fingerprint density at radius 2 is 2.12 bits per heavy atom. The van der Waals surface area contributed by atoms with Crippen LogP contribution in [0.5, 0.6) is 0 Å². The van der Waals surface area contributed by atoms with Crippen molar-refractivity contribution in [1.82, 2.24) is 5.32 Å². The molecule has 0 amide bonds. The molecule has 1 aromatic carbocycles. The van der Waals surface area contributed by atoms with Crippen molar-refractivity contribution in [2.45, 2.75) is 26.3 Å². The molecule has 3 unspecified atom stereocenters. The van der Waals surface area contributed by atoms with Crippen LogP contribution in [0, 0.1) is 23.5 Å². The second kappa shape index (κ2) is 4.50. The molecule has 1 nitrogen and oxygen atoms in total. The van der Waals surface area contributed by atoms with Crippen molar-refractivity contribution in [3.63, 3.8) is 0 Å². The molecule has 0 bridgehead atoms. The van der Waals surface area contributed by atoms with Crippen molar-refractivity contribution in [3.05, 3.63) is 35.4 Å². The van der Waals surface area contributed by atoms with Crippen LogP contribution in [-0.4, -0.2) is 6.54 Å². The van der Waals surface area contributed by atoms with E-state index in [2.05, 4.69) is 12.2 Å². The zero-order valence-corrected chi connectivity index (χ0v) is 9.63. The van der Waals surface area contributed by atoms with E-state index in [0.29, 0.717) is 17.4 Å². The van der Waals surface area contributed by atoms with Gasteiger partial charge in [0.15, 0.2) is 0 Å². The van der Waals surface area contributed by atoms with Gasteiger partial charge in [0.05, 0.1) is 0 Å². The molecule has 1 aromatic rings. The van der Waals surface area contributed by atoms with Crippen LogP contribution < -0.4 is 5.32 Å². The summed E-state index contributed by atoms with van der Waals surface area (Å²) in [5, 5.41) is 3.25. The second-order valence-corrected chi connectivity index (χ2v) is 4.58. The molecule has 1 saturated carbocycles. The summed E-state index contributed by atoms with van der Waals surface area (Å²) in [6, 6.07) is 3.64. The van der Waals surface area contributed by atoms with Crippen LogP contribution in [0.1, 0.15) is 31.9 Å². The lowest BCUT2D eigenvalue weighted by Gasteiger charge is -2.19. The predicted molar refractivity (Wildman–Crippen MR) is 60.0 cm³/mol. The van der Waals surface area contributed by atoms with Gasteiger partial charge in [0.25, 0.3) is 0 Å². The number of hydrogen-bond donors (Lipinski definition) is 1. The van der Waals surface area contributed by atoms with Crippen LogP contribution in [0.25, 0.3) is 0 Å². The average molecular weight is 225 g/mol. The molecule has 0 heterocycles. The maximum atomic E-state index is 13.7. The van der Waals surface area contributed by atoms with Gasteiger partial charge in [-0.05, 0) is 43.0 Å². The molecule has 1 N–H and O–H groups in total. The van der Waals surface area contributed by atoms with E-state index in [1.165, 1.54) is 12.1 Å². The zero-order chi connectivity index (χ0) is 11.7. The van der Waals surface area contributed by atoms with Gasteiger partial charge in [0, 0.05) is 11.6 Å². The standard InChI is InChI=1S/C13H17F2N/c1-3-16-13(10-6-8(10)2)11-7-9(14)4-5-12(11)15/h4-5,7-8,10,13,16H,3,6H2,1-2H3. The minimum Gasteiger partial charge on any atom is -0.310 e. The minimum atomic E-state index is -0.368. The summed E-state index contributed by atoms with van der Waals surface area (Å²) in [5.74, 6) is 0.363. The maximum Gasteiger partial charge on any atom is 0.128 e. The average Bonchev–Trinajstić information content (AvgIpc) is 2.96. The largest absolute Gasteiger partial charge is 0.310 e. The highest BCUT2D eigenvalue weighted by molar-refractivity contribution is 5.24. The second-order valence-electron chi connectivity index (χ2n) is 4.58. The highest BCUT2D eigenvalue weighted by Gasteiger charge is 2.40. The molecule has 0 saturated heterocycles. The Balaban J connectivity index is 2.27. The molecule has 3 heteroatoms. The van der Waals surface area contributed by atoms with Gasteiger partial charge in [-0.1, -0.05) is 13.8 Å². The molecular formula is C13H17F2N. The van der Waals surface area contributed by atoms with Crippen molar-refractivity contribution >= 4 is 0 Å². The molecule has 0 aliphatic heterocycles. The summed E-state index contributed by atoms with van der Waals surface area (Å²) >= 11 is 0. The predicted octanol–water partition coefficient (Wildman–Crippen LogP) is 3.27. The van der Waals surface area contributed by atoms with Gasteiger partial charge in [0.2, 0.25) is 0 Å². The van der Waals surface area contributed by atoms with Gasteiger partial charge in [-0.2, -0.15) is 0 Å². The fourth-order valence-corrected chi connectivity index (χ4v) is 2.28. The third kappa shape index (κ3) is 2.24. The van der Waals surface area contributed by atoms with Crippen LogP contribution >= 0.6 is 0 Å². The quantitative estimate of drug-likeness (QED) is 0.829. The van der Waals surface area contributed by atoms with Crippen LogP contribution in [-0.2, 0) is 0 Å². The van der Waals surface area contributed by atoms with E-state index in [0.717, 1.165) is 19.0 Å². The molecule has 88 valence electrons. The van der Waals surface area contributed by atoms with Crippen LogP contribution in [0.2, 0.25) is 0 Å². The molecular weight excluding hydrogens is 208 g/mol. The van der Waals surface area contributed by atoms with E-state index in [1.807, 2.05) is 6.92 Å². The van der Waals surface area contributed by atoms with E-state index in [4.69, 9.17) is 0 Å². The zero-order valence-electron chi connectivity index (χ0n) is 9.63. The first-order chi connectivity index (χ1) is 7.63. The lowest BCUT2D eigenvalue weighted by Crippen LogP contribution is -2.24. The molecule has 0 aromatic heterocycles. The maximum absolute atomic E-state index is 13.7. The monoisotopic (exact) mass is 225 g/mol. The Morgan fingerprint density at radius 1 is 1.44 bits per heavy atom. The summed E-state index contributed by atoms with van der Waals surface area (Å²) in [4.78, 5) is 0. The van der Waals surface area contributed by atoms with Crippen molar-refractivity contribution in [1.29, 1.82) is 0 Å². The van der Waals surface area contributed by atoms with Gasteiger partial charge in [-0.25, -0.2) is 8.78 Å². The van der Waals surface area contributed by atoms with Crippen molar-refractivity contribution in [3.8, 4) is 0 Å². The molecule has 2 rings (SSSR count). The van der Waals surface area contributed by atoms with Crippen molar-refractivity contribution in [2.24, 2.45) is 11.8 Å². The lowest BCUT2D eigenvalue weighted by atomic mass is 10.0. The molecule has 16 heavy (non-hydrogen) atoms. The Labute approximate surface area is 94.9 Å². The number of nitrogens with one attached hydrogen (secondary N) is 1. The number of hydrogen-bond acceptors (Lipinski definition) is 1. The lowest BCUT2D eigenvalue weighted by molar-refractivity contribution is 0.448.